The Bertz CT molecular complexity index is 814. The molecule has 9 heteroatoms. The zero-order valence-electron chi connectivity index (χ0n) is 16.1. The Labute approximate surface area is 169 Å². The van der Waals surface area contributed by atoms with Crippen LogP contribution in [0.1, 0.15) is 12.5 Å². The van der Waals surface area contributed by atoms with E-state index in [0.717, 1.165) is 5.56 Å². The summed E-state index contributed by atoms with van der Waals surface area (Å²) < 4.78 is 33.6. The van der Waals surface area contributed by atoms with Crippen molar-refractivity contribution >= 4 is 19.7 Å². The SMILES string of the molecule is CCOC(=O)COP(=O)(CCNC(=O)OCc1ccccc1)Oc1ccccc1. The number of carbonyl (C=O) groups excluding carboxylic acids is 2. The van der Waals surface area contributed by atoms with E-state index in [0.29, 0.717) is 5.75 Å². The molecule has 1 amide bonds. The van der Waals surface area contributed by atoms with Crippen molar-refractivity contribution < 1.29 is 32.7 Å². The third-order valence-electron chi connectivity index (χ3n) is 3.54. The van der Waals surface area contributed by atoms with E-state index < -0.39 is 26.3 Å². The van der Waals surface area contributed by atoms with Crippen molar-refractivity contribution in [3.8, 4) is 5.75 Å². The van der Waals surface area contributed by atoms with Crippen LogP contribution in [0.2, 0.25) is 0 Å². The number of hydrogen-bond donors (Lipinski definition) is 1. The highest BCUT2D eigenvalue weighted by atomic mass is 31.2. The molecule has 0 aliphatic heterocycles. The number of rotatable bonds is 11. The number of alkyl carbamates (subject to hydrolysis) is 1. The standard InChI is InChI=1S/C20H24NO7P/c1-2-25-19(22)16-27-29(24,28-18-11-7-4-8-12-18)14-13-21-20(23)26-15-17-9-5-3-6-10-17/h3-12H,2,13-16H2,1H3,(H,21,23). The predicted octanol–water partition coefficient (Wildman–Crippen LogP) is 3.76. The van der Waals surface area contributed by atoms with E-state index in [1.165, 1.54) is 0 Å². The Hall–Kier alpha value is -2.83. The summed E-state index contributed by atoms with van der Waals surface area (Å²) in [6.45, 7) is 1.41. The molecule has 0 saturated carbocycles. The lowest BCUT2D eigenvalue weighted by Crippen LogP contribution is -2.28. The number of amides is 1. The summed E-state index contributed by atoms with van der Waals surface area (Å²) in [5.74, 6) is -0.328. The fourth-order valence-corrected chi connectivity index (χ4v) is 3.61. The van der Waals surface area contributed by atoms with Gasteiger partial charge in [-0.2, -0.15) is 0 Å². The Morgan fingerprint density at radius 1 is 0.966 bits per heavy atom. The number of hydrogen-bond acceptors (Lipinski definition) is 7. The van der Waals surface area contributed by atoms with E-state index in [1.54, 1.807) is 37.3 Å². The van der Waals surface area contributed by atoms with Crippen LogP contribution >= 0.6 is 7.60 Å². The van der Waals surface area contributed by atoms with E-state index >= 15 is 0 Å². The van der Waals surface area contributed by atoms with Crippen LogP contribution in [0.5, 0.6) is 5.75 Å². The first-order valence-electron chi connectivity index (χ1n) is 9.09. The van der Waals surface area contributed by atoms with Gasteiger partial charge in [0.1, 0.15) is 12.4 Å². The van der Waals surface area contributed by atoms with Crippen LogP contribution in [0, 0.1) is 0 Å². The molecule has 0 aromatic heterocycles. The van der Waals surface area contributed by atoms with Gasteiger partial charge in [-0.15, -0.1) is 0 Å². The second kappa shape index (κ2) is 11.9. The van der Waals surface area contributed by atoms with E-state index in [4.69, 9.17) is 18.5 Å². The normalized spacial score (nSPS) is 12.4. The number of nitrogens with one attached hydrogen (secondary N) is 1. The quantitative estimate of drug-likeness (QED) is 0.435. The third kappa shape index (κ3) is 8.81. The van der Waals surface area contributed by atoms with E-state index in [-0.39, 0.29) is 25.9 Å². The topological polar surface area (TPSA) is 100 Å². The van der Waals surface area contributed by atoms with Crippen molar-refractivity contribution in [2.24, 2.45) is 0 Å². The Morgan fingerprint density at radius 3 is 2.28 bits per heavy atom. The molecule has 0 bridgehead atoms. The minimum absolute atomic E-state index is 0.0272. The van der Waals surface area contributed by atoms with Crippen molar-refractivity contribution in [3.05, 3.63) is 66.2 Å². The molecular formula is C20H24NO7P. The Balaban J connectivity index is 1.86. The molecule has 2 rings (SSSR count). The number of carbonyl (C=O) groups is 2. The monoisotopic (exact) mass is 421 g/mol. The lowest BCUT2D eigenvalue weighted by molar-refractivity contribution is -0.145. The average Bonchev–Trinajstić information content (AvgIpc) is 2.73. The summed E-state index contributed by atoms with van der Waals surface area (Å²) in [7, 11) is -3.72. The molecule has 1 atom stereocenters. The zero-order valence-corrected chi connectivity index (χ0v) is 17.0. The molecule has 0 spiro atoms. The molecule has 29 heavy (non-hydrogen) atoms. The van der Waals surface area contributed by atoms with Crippen molar-refractivity contribution in [3.63, 3.8) is 0 Å². The van der Waals surface area contributed by atoms with Gasteiger partial charge in [-0.25, -0.2) is 14.2 Å². The van der Waals surface area contributed by atoms with Gasteiger partial charge >= 0.3 is 19.7 Å². The molecule has 156 valence electrons. The molecule has 0 aliphatic carbocycles. The number of esters is 1. The molecule has 0 fully saturated rings. The smallest absolute Gasteiger partial charge is 0.407 e. The largest absolute Gasteiger partial charge is 0.464 e. The highest BCUT2D eigenvalue weighted by Gasteiger charge is 2.28. The lowest BCUT2D eigenvalue weighted by Gasteiger charge is -2.19. The maximum Gasteiger partial charge on any atom is 0.407 e. The van der Waals surface area contributed by atoms with Crippen LogP contribution in [0.4, 0.5) is 4.79 Å². The lowest BCUT2D eigenvalue weighted by atomic mass is 10.2. The first kappa shape index (κ1) is 22.5. The number of para-hydroxylation sites is 1. The third-order valence-corrected chi connectivity index (χ3v) is 5.32. The number of ether oxygens (including phenoxy) is 2. The molecule has 1 N–H and O–H groups in total. The highest BCUT2D eigenvalue weighted by molar-refractivity contribution is 7.54. The second-order valence-electron chi connectivity index (χ2n) is 5.81. The fraction of sp³-hybridized carbons (Fsp3) is 0.300. The summed E-state index contributed by atoms with van der Waals surface area (Å²) >= 11 is 0. The van der Waals surface area contributed by atoms with Crippen LogP contribution in [0.25, 0.3) is 0 Å². The minimum atomic E-state index is -3.72. The molecule has 0 aliphatic rings. The van der Waals surface area contributed by atoms with Gasteiger partial charge in [0, 0.05) is 6.54 Å². The molecule has 2 aromatic rings. The van der Waals surface area contributed by atoms with Crippen molar-refractivity contribution in [1.82, 2.24) is 5.32 Å². The van der Waals surface area contributed by atoms with Gasteiger partial charge in [0.2, 0.25) is 0 Å². The van der Waals surface area contributed by atoms with Gasteiger partial charge in [0.15, 0.2) is 6.61 Å². The fourth-order valence-electron chi connectivity index (χ4n) is 2.20. The van der Waals surface area contributed by atoms with Gasteiger partial charge < -0.3 is 19.3 Å². The van der Waals surface area contributed by atoms with E-state index in [1.807, 2.05) is 30.3 Å². The molecule has 2 aromatic carbocycles. The zero-order chi connectivity index (χ0) is 21.0. The van der Waals surface area contributed by atoms with Gasteiger partial charge in [0.05, 0.1) is 12.8 Å². The minimum Gasteiger partial charge on any atom is -0.464 e. The molecule has 1 unspecified atom stereocenters. The molecule has 0 saturated heterocycles. The first-order chi connectivity index (χ1) is 14.0. The molecule has 8 nitrogen and oxygen atoms in total. The van der Waals surface area contributed by atoms with Crippen molar-refractivity contribution in [2.75, 3.05) is 25.9 Å². The van der Waals surface area contributed by atoms with Gasteiger partial charge in [-0.1, -0.05) is 48.5 Å². The maximum absolute atomic E-state index is 13.0. The van der Waals surface area contributed by atoms with Crippen molar-refractivity contribution in [1.29, 1.82) is 0 Å². The summed E-state index contributed by atoms with van der Waals surface area (Å²) in [4.78, 5) is 23.4. The van der Waals surface area contributed by atoms with Crippen LogP contribution < -0.4 is 9.84 Å². The first-order valence-corrected chi connectivity index (χ1v) is 10.8. The summed E-state index contributed by atoms with van der Waals surface area (Å²) in [5.41, 5.74) is 0.846. The van der Waals surface area contributed by atoms with Crippen molar-refractivity contribution in [2.45, 2.75) is 13.5 Å². The predicted molar refractivity (Wildman–Crippen MR) is 107 cm³/mol. The summed E-state index contributed by atoms with van der Waals surface area (Å²) in [6, 6.07) is 17.6. The van der Waals surface area contributed by atoms with E-state index in [2.05, 4.69) is 5.32 Å². The molecular weight excluding hydrogens is 397 g/mol. The van der Waals surface area contributed by atoms with Crippen LogP contribution in [0.3, 0.4) is 0 Å². The van der Waals surface area contributed by atoms with Gasteiger partial charge in [-0.05, 0) is 24.6 Å². The van der Waals surface area contributed by atoms with Gasteiger partial charge in [-0.3, -0.25) is 4.52 Å². The van der Waals surface area contributed by atoms with Crippen LogP contribution in [0.15, 0.2) is 60.7 Å². The summed E-state index contributed by atoms with van der Waals surface area (Å²) in [5, 5.41) is 2.50. The molecule has 0 radical (unpaired) electrons. The second-order valence-corrected chi connectivity index (χ2v) is 7.92. The van der Waals surface area contributed by atoms with E-state index in [9.17, 15) is 14.2 Å². The Kier molecular flexibility index (Phi) is 9.21. The number of benzene rings is 2. The van der Waals surface area contributed by atoms with Crippen LogP contribution in [-0.4, -0.2) is 38.0 Å². The maximum atomic E-state index is 13.0. The average molecular weight is 421 g/mol. The highest BCUT2D eigenvalue weighted by Crippen LogP contribution is 2.47. The Morgan fingerprint density at radius 2 is 1.62 bits per heavy atom. The molecule has 0 heterocycles. The summed E-state index contributed by atoms with van der Waals surface area (Å²) in [6.07, 6.45) is -0.813. The van der Waals surface area contributed by atoms with Crippen LogP contribution in [-0.2, 0) is 30.0 Å². The van der Waals surface area contributed by atoms with Gasteiger partial charge in [0.25, 0.3) is 0 Å².